The molecule has 20 heavy (non-hydrogen) atoms. The summed E-state index contributed by atoms with van der Waals surface area (Å²) in [5.41, 5.74) is 1.14. The molecule has 4 heteroatoms. The van der Waals surface area contributed by atoms with E-state index in [1.54, 1.807) is 0 Å². The van der Waals surface area contributed by atoms with Crippen LogP contribution in [-0.4, -0.2) is 42.5 Å². The van der Waals surface area contributed by atoms with Crippen LogP contribution < -0.4 is 5.32 Å². The third-order valence-corrected chi connectivity index (χ3v) is 4.64. The van der Waals surface area contributed by atoms with Crippen molar-refractivity contribution in [2.24, 2.45) is 0 Å². The number of benzene rings is 1. The Morgan fingerprint density at radius 2 is 1.90 bits per heavy atom. The molecular formula is C16H25FN2S. The van der Waals surface area contributed by atoms with Crippen LogP contribution in [0.4, 0.5) is 4.39 Å². The normalized spacial score (nSPS) is 19.0. The topological polar surface area (TPSA) is 15.3 Å². The van der Waals surface area contributed by atoms with Gasteiger partial charge in [0.25, 0.3) is 0 Å². The SMILES string of the molecule is CC(C)(C)Sc1ccccc1[C@@H](CF)N1CCNCC1. The maximum absolute atomic E-state index is 13.7. The molecule has 1 heterocycles. The van der Waals surface area contributed by atoms with Crippen molar-refractivity contribution in [1.82, 2.24) is 10.2 Å². The van der Waals surface area contributed by atoms with Crippen molar-refractivity contribution < 1.29 is 4.39 Å². The molecular weight excluding hydrogens is 271 g/mol. The summed E-state index contributed by atoms with van der Waals surface area (Å²) in [6.45, 7) is 10.0. The second-order valence-corrected chi connectivity index (χ2v) is 8.08. The van der Waals surface area contributed by atoms with Gasteiger partial charge in [-0.15, -0.1) is 11.8 Å². The average molecular weight is 296 g/mol. The first-order valence-electron chi connectivity index (χ1n) is 7.30. The van der Waals surface area contributed by atoms with Gasteiger partial charge in [-0.2, -0.15) is 0 Å². The highest BCUT2D eigenvalue weighted by Crippen LogP contribution is 2.37. The van der Waals surface area contributed by atoms with Crippen LogP contribution in [0.5, 0.6) is 0 Å². The Morgan fingerprint density at radius 1 is 1.25 bits per heavy atom. The van der Waals surface area contributed by atoms with Gasteiger partial charge in [0.15, 0.2) is 0 Å². The van der Waals surface area contributed by atoms with E-state index in [0.717, 1.165) is 31.7 Å². The molecule has 0 amide bonds. The summed E-state index contributed by atoms with van der Waals surface area (Å²) >= 11 is 1.83. The van der Waals surface area contributed by atoms with Gasteiger partial charge in [-0.3, -0.25) is 4.90 Å². The fourth-order valence-corrected chi connectivity index (χ4v) is 3.68. The van der Waals surface area contributed by atoms with Gasteiger partial charge in [0, 0.05) is 35.8 Å². The Balaban J connectivity index is 2.24. The van der Waals surface area contributed by atoms with Gasteiger partial charge >= 0.3 is 0 Å². The zero-order valence-electron chi connectivity index (χ0n) is 12.7. The summed E-state index contributed by atoms with van der Waals surface area (Å²) < 4.78 is 13.8. The Labute approximate surface area is 126 Å². The van der Waals surface area contributed by atoms with Crippen molar-refractivity contribution in [3.63, 3.8) is 0 Å². The number of rotatable bonds is 4. The summed E-state index contributed by atoms with van der Waals surface area (Å²) in [4.78, 5) is 3.47. The van der Waals surface area contributed by atoms with Crippen molar-refractivity contribution in [2.45, 2.75) is 36.5 Å². The van der Waals surface area contributed by atoms with Crippen LogP contribution in [0, 0.1) is 0 Å². The number of halogens is 1. The lowest BCUT2D eigenvalue weighted by Gasteiger charge is -2.35. The molecule has 1 fully saturated rings. The monoisotopic (exact) mass is 296 g/mol. The molecule has 0 spiro atoms. The number of thioether (sulfide) groups is 1. The highest BCUT2D eigenvalue weighted by molar-refractivity contribution is 8.00. The van der Waals surface area contributed by atoms with Gasteiger partial charge < -0.3 is 5.32 Å². The summed E-state index contributed by atoms with van der Waals surface area (Å²) in [7, 11) is 0. The maximum atomic E-state index is 13.7. The molecule has 0 aliphatic carbocycles. The van der Waals surface area contributed by atoms with Crippen LogP contribution in [-0.2, 0) is 0 Å². The van der Waals surface area contributed by atoms with Gasteiger partial charge in [0.05, 0.1) is 6.04 Å². The first kappa shape index (κ1) is 15.8. The molecule has 2 nitrogen and oxygen atoms in total. The highest BCUT2D eigenvalue weighted by Gasteiger charge is 2.25. The third-order valence-electron chi connectivity index (χ3n) is 3.43. The lowest BCUT2D eigenvalue weighted by molar-refractivity contribution is 0.146. The van der Waals surface area contributed by atoms with Gasteiger partial charge in [-0.1, -0.05) is 39.0 Å². The predicted molar refractivity (Wildman–Crippen MR) is 85.2 cm³/mol. The van der Waals surface area contributed by atoms with Crippen LogP contribution in [0.15, 0.2) is 29.2 Å². The molecule has 2 rings (SSSR count). The molecule has 0 bridgehead atoms. The molecule has 1 aliphatic heterocycles. The number of hydrogen-bond donors (Lipinski definition) is 1. The van der Waals surface area contributed by atoms with E-state index in [1.807, 2.05) is 23.9 Å². The van der Waals surface area contributed by atoms with E-state index in [9.17, 15) is 4.39 Å². The lowest BCUT2D eigenvalue weighted by Crippen LogP contribution is -2.45. The highest BCUT2D eigenvalue weighted by atomic mass is 32.2. The Bertz CT molecular complexity index is 425. The molecule has 1 atom stereocenters. The van der Waals surface area contributed by atoms with Crippen molar-refractivity contribution in [2.75, 3.05) is 32.9 Å². The number of piperazine rings is 1. The minimum Gasteiger partial charge on any atom is -0.314 e. The number of nitrogens with zero attached hydrogens (tertiary/aromatic N) is 1. The van der Waals surface area contributed by atoms with Gasteiger partial charge in [0.2, 0.25) is 0 Å². The minimum absolute atomic E-state index is 0.108. The largest absolute Gasteiger partial charge is 0.314 e. The van der Waals surface area contributed by atoms with Crippen LogP contribution in [0.2, 0.25) is 0 Å². The fraction of sp³-hybridized carbons (Fsp3) is 0.625. The Morgan fingerprint density at radius 3 is 2.50 bits per heavy atom. The van der Waals surface area contributed by atoms with Crippen molar-refractivity contribution in [3.8, 4) is 0 Å². The zero-order valence-corrected chi connectivity index (χ0v) is 13.5. The molecule has 0 radical (unpaired) electrons. The molecule has 1 aliphatic rings. The van der Waals surface area contributed by atoms with Gasteiger partial charge in [-0.25, -0.2) is 4.39 Å². The minimum atomic E-state index is -0.318. The second-order valence-electron chi connectivity index (χ2n) is 6.21. The first-order valence-corrected chi connectivity index (χ1v) is 8.11. The number of alkyl halides is 1. The van der Waals surface area contributed by atoms with Gasteiger partial charge in [-0.05, 0) is 11.6 Å². The number of hydrogen-bond acceptors (Lipinski definition) is 3. The Hall–Kier alpha value is -0.580. The van der Waals surface area contributed by atoms with Crippen molar-refractivity contribution >= 4 is 11.8 Å². The van der Waals surface area contributed by atoms with Crippen LogP contribution in [0.1, 0.15) is 32.4 Å². The summed E-state index contributed by atoms with van der Waals surface area (Å²) in [6.07, 6.45) is 0. The quantitative estimate of drug-likeness (QED) is 0.856. The Kier molecular flexibility index (Phi) is 5.47. The van der Waals surface area contributed by atoms with Crippen molar-refractivity contribution in [1.29, 1.82) is 0 Å². The molecule has 0 unspecified atom stereocenters. The van der Waals surface area contributed by atoms with E-state index in [4.69, 9.17) is 0 Å². The summed E-state index contributed by atoms with van der Waals surface area (Å²) in [6, 6.07) is 8.16. The molecule has 0 saturated carbocycles. The third kappa shape index (κ3) is 4.21. The summed E-state index contributed by atoms with van der Waals surface area (Å²) in [5.74, 6) is 0. The van der Waals surface area contributed by atoms with E-state index in [-0.39, 0.29) is 17.5 Å². The van der Waals surface area contributed by atoms with Crippen LogP contribution in [0.3, 0.4) is 0 Å². The average Bonchev–Trinajstić information content (AvgIpc) is 2.41. The van der Waals surface area contributed by atoms with E-state index in [2.05, 4.69) is 43.1 Å². The van der Waals surface area contributed by atoms with Gasteiger partial charge in [0.1, 0.15) is 6.67 Å². The van der Waals surface area contributed by atoms with E-state index in [1.165, 1.54) is 4.90 Å². The maximum Gasteiger partial charge on any atom is 0.109 e. The second kappa shape index (κ2) is 6.92. The standard InChI is InChI=1S/C16H25FN2S/c1-16(2,3)20-15-7-5-4-6-13(15)14(12-17)19-10-8-18-9-11-19/h4-7,14,18H,8-12H2,1-3H3/t14-/m1/s1. The molecule has 112 valence electrons. The smallest absolute Gasteiger partial charge is 0.109 e. The molecule has 1 aromatic carbocycles. The molecule has 1 saturated heterocycles. The lowest BCUT2D eigenvalue weighted by atomic mass is 10.1. The van der Waals surface area contributed by atoms with E-state index >= 15 is 0 Å². The molecule has 1 N–H and O–H groups in total. The van der Waals surface area contributed by atoms with E-state index in [0.29, 0.717) is 0 Å². The van der Waals surface area contributed by atoms with Crippen molar-refractivity contribution in [3.05, 3.63) is 29.8 Å². The predicted octanol–water partition coefficient (Wildman–Crippen LogP) is 3.49. The van der Waals surface area contributed by atoms with Crippen LogP contribution in [0.25, 0.3) is 0 Å². The van der Waals surface area contributed by atoms with E-state index < -0.39 is 0 Å². The summed E-state index contributed by atoms with van der Waals surface area (Å²) in [5, 5.41) is 3.33. The first-order chi connectivity index (χ1) is 9.51. The van der Waals surface area contributed by atoms with Crippen LogP contribution >= 0.6 is 11.8 Å². The molecule has 1 aromatic rings. The number of nitrogens with one attached hydrogen (secondary N) is 1. The fourth-order valence-electron chi connectivity index (χ4n) is 2.55. The molecule has 0 aromatic heterocycles. The zero-order chi connectivity index (χ0) is 14.6.